The minimum Gasteiger partial charge on any atom is -0.490 e. The molecule has 4 rings (SSSR count). The molecule has 2 heterocycles. The molecular formula is C26H30N4O3. The fourth-order valence-corrected chi connectivity index (χ4v) is 3.91. The van der Waals surface area contributed by atoms with Crippen molar-refractivity contribution in [3.63, 3.8) is 0 Å². The second-order valence-corrected chi connectivity index (χ2v) is 8.09. The molecular weight excluding hydrogens is 416 g/mol. The van der Waals surface area contributed by atoms with E-state index in [1.807, 2.05) is 62.4 Å². The number of benzene rings is 2. The summed E-state index contributed by atoms with van der Waals surface area (Å²) in [5.41, 5.74) is 2.69. The highest BCUT2D eigenvalue weighted by atomic mass is 16.5. The van der Waals surface area contributed by atoms with Gasteiger partial charge in [-0.1, -0.05) is 36.4 Å². The summed E-state index contributed by atoms with van der Waals surface area (Å²) in [6, 6.07) is 15.7. The van der Waals surface area contributed by atoms with Crippen LogP contribution in [0.5, 0.6) is 11.5 Å². The molecule has 1 fully saturated rings. The predicted molar refractivity (Wildman–Crippen MR) is 128 cm³/mol. The highest BCUT2D eigenvalue weighted by Gasteiger charge is 2.24. The highest BCUT2D eigenvalue weighted by Crippen LogP contribution is 2.29. The van der Waals surface area contributed by atoms with Gasteiger partial charge in [0.05, 0.1) is 18.7 Å². The van der Waals surface area contributed by atoms with Crippen LogP contribution in [0.3, 0.4) is 0 Å². The Morgan fingerprint density at radius 2 is 1.82 bits per heavy atom. The second-order valence-electron chi connectivity index (χ2n) is 8.09. The van der Waals surface area contributed by atoms with E-state index in [4.69, 9.17) is 9.47 Å². The van der Waals surface area contributed by atoms with Crippen molar-refractivity contribution in [1.82, 2.24) is 15.3 Å². The molecule has 0 spiro atoms. The zero-order valence-electron chi connectivity index (χ0n) is 19.2. The van der Waals surface area contributed by atoms with Crippen molar-refractivity contribution in [2.75, 3.05) is 24.6 Å². The Labute approximate surface area is 194 Å². The number of para-hydroxylation sites is 2. The number of rotatable bonds is 8. The van der Waals surface area contributed by atoms with E-state index in [1.165, 1.54) is 0 Å². The highest BCUT2D eigenvalue weighted by molar-refractivity contribution is 5.93. The van der Waals surface area contributed by atoms with E-state index in [2.05, 4.69) is 20.2 Å². The molecule has 1 saturated heterocycles. The molecule has 1 aromatic heterocycles. The molecule has 172 valence electrons. The third-order valence-corrected chi connectivity index (χ3v) is 5.70. The van der Waals surface area contributed by atoms with Crippen molar-refractivity contribution < 1.29 is 14.3 Å². The van der Waals surface area contributed by atoms with E-state index in [-0.39, 0.29) is 12.0 Å². The number of nitrogens with one attached hydrogen (secondary N) is 1. The Morgan fingerprint density at radius 1 is 1.09 bits per heavy atom. The Bertz CT molecular complexity index is 1070. The molecule has 1 aliphatic heterocycles. The minimum absolute atomic E-state index is 0.0149. The van der Waals surface area contributed by atoms with E-state index < -0.39 is 0 Å². The molecule has 2 aromatic carbocycles. The number of hydrogen-bond acceptors (Lipinski definition) is 6. The monoisotopic (exact) mass is 446 g/mol. The van der Waals surface area contributed by atoms with Gasteiger partial charge in [0.15, 0.2) is 11.5 Å². The van der Waals surface area contributed by atoms with Crippen molar-refractivity contribution in [1.29, 1.82) is 0 Å². The fourth-order valence-electron chi connectivity index (χ4n) is 3.91. The minimum atomic E-state index is -0.183. The number of carbonyl (C=O) groups is 1. The maximum absolute atomic E-state index is 12.5. The SMILES string of the molecule is CCOc1ccccc1O[C@@H]1CCCN(c2ncc(C(=O)NCc3ccccc3C)cn2)C1. The van der Waals surface area contributed by atoms with Crippen LogP contribution in [-0.2, 0) is 6.54 Å². The molecule has 1 atom stereocenters. The first-order valence-corrected chi connectivity index (χ1v) is 11.4. The van der Waals surface area contributed by atoms with Gasteiger partial charge in [0.25, 0.3) is 5.91 Å². The van der Waals surface area contributed by atoms with Crippen molar-refractivity contribution >= 4 is 11.9 Å². The molecule has 0 unspecified atom stereocenters. The molecule has 0 saturated carbocycles. The molecule has 1 amide bonds. The Hall–Kier alpha value is -3.61. The largest absolute Gasteiger partial charge is 0.490 e. The molecule has 3 aromatic rings. The van der Waals surface area contributed by atoms with Gasteiger partial charge in [-0.3, -0.25) is 4.79 Å². The van der Waals surface area contributed by atoms with Crippen LogP contribution in [0.4, 0.5) is 5.95 Å². The lowest BCUT2D eigenvalue weighted by Gasteiger charge is -2.33. The molecule has 0 bridgehead atoms. The van der Waals surface area contributed by atoms with Crippen LogP contribution in [-0.4, -0.2) is 41.7 Å². The number of hydrogen-bond donors (Lipinski definition) is 1. The van der Waals surface area contributed by atoms with Crippen LogP contribution in [0.15, 0.2) is 60.9 Å². The number of carbonyl (C=O) groups excluding carboxylic acids is 1. The van der Waals surface area contributed by atoms with Crippen LogP contribution in [0, 0.1) is 6.92 Å². The molecule has 1 aliphatic rings. The van der Waals surface area contributed by atoms with Crippen molar-refractivity contribution in [2.45, 2.75) is 39.3 Å². The topological polar surface area (TPSA) is 76.6 Å². The third kappa shape index (κ3) is 5.80. The van der Waals surface area contributed by atoms with Gasteiger partial charge in [-0.05, 0) is 49.9 Å². The first-order valence-electron chi connectivity index (χ1n) is 11.4. The van der Waals surface area contributed by atoms with E-state index in [0.29, 0.717) is 31.2 Å². The van der Waals surface area contributed by atoms with Gasteiger partial charge in [-0.15, -0.1) is 0 Å². The van der Waals surface area contributed by atoms with Gasteiger partial charge in [-0.25, -0.2) is 9.97 Å². The van der Waals surface area contributed by atoms with Gasteiger partial charge in [0.2, 0.25) is 5.95 Å². The smallest absolute Gasteiger partial charge is 0.254 e. The number of aromatic nitrogens is 2. The summed E-state index contributed by atoms with van der Waals surface area (Å²) in [7, 11) is 0. The first kappa shape index (κ1) is 22.6. The zero-order chi connectivity index (χ0) is 23.0. The summed E-state index contributed by atoms with van der Waals surface area (Å²) in [5, 5.41) is 2.94. The molecule has 1 N–H and O–H groups in total. The average molecular weight is 447 g/mol. The average Bonchev–Trinajstić information content (AvgIpc) is 2.85. The van der Waals surface area contributed by atoms with Gasteiger partial charge in [0, 0.05) is 25.5 Å². The lowest BCUT2D eigenvalue weighted by Crippen LogP contribution is -2.42. The van der Waals surface area contributed by atoms with Crippen LogP contribution in [0.2, 0.25) is 0 Å². The van der Waals surface area contributed by atoms with Crippen LogP contribution < -0.4 is 19.7 Å². The van der Waals surface area contributed by atoms with E-state index in [0.717, 1.165) is 42.0 Å². The molecule has 33 heavy (non-hydrogen) atoms. The van der Waals surface area contributed by atoms with E-state index in [1.54, 1.807) is 12.4 Å². The zero-order valence-corrected chi connectivity index (χ0v) is 19.2. The quantitative estimate of drug-likeness (QED) is 0.560. The van der Waals surface area contributed by atoms with Gasteiger partial charge in [-0.2, -0.15) is 0 Å². The number of nitrogens with zero attached hydrogens (tertiary/aromatic N) is 3. The maximum Gasteiger partial charge on any atom is 0.254 e. The lowest BCUT2D eigenvalue weighted by atomic mass is 10.1. The van der Waals surface area contributed by atoms with E-state index >= 15 is 0 Å². The van der Waals surface area contributed by atoms with Crippen LogP contribution in [0.25, 0.3) is 0 Å². The van der Waals surface area contributed by atoms with Gasteiger partial charge in [0.1, 0.15) is 6.10 Å². The third-order valence-electron chi connectivity index (χ3n) is 5.70. The Morgan fingerprint density at radius 3 is 2.58 bits per heavy atom. The summed E-state index contributed by atoms with van der Waals surface area (Å²) in [5.74, 6) is 1.94. The molecule has 7 nitrogen and oxygen atoms in total. The summed E-state index contributed by atoms with van der Waals surface area (Å²) in [6.07, 6.45) is 5.12. The van der Waals surface area contributed by atoms with Crippen molar-refractivity contribution in [3.05, 3.63) is 77.6 Å². The fraction of sp³-hybridized carbons (Fsp3) is 0.346. The summed E-state index contributed by atoms with van der Waals surface area (Å²) in [6.45, 7) is 6.59. The normalized spacial score (nSPS) is 15.7. The maximum atomic E-state index is 12.5. The molecule has 0 aliphatic carbocycles. The van der Waals surface area contributed by atoms with Gasteiger partial charge >= 0.3 is 0 Å². The number of ether oxygens (including phenoxy) is 2. The van der Waals surface area contributed by atoms with E-state index in [9.17, 15) is 4.79 Å². The van der Waals surface area contributed by atoms with Crippen LogP contribution >= 0.6 is 0 Å². The summed E-state index contributed by atoms with van der Waals surface area (Å²) >= 11 is 0. The predicted octanol–water partition coefficient (Wildman–Crippen LogP) is 4.16. The Kier molecular flexibility index (Phi) is 7.40. The molecule has 0 radical (unpaired) electrons. The lowest BCUT2D eigenvalue weighted by molar-refractivity contribution is 0.0950. The van der Waals surface area contributed by atoms with Crippen molar-refractivity contribution in [3.8, 4) is 11.5 Å². The number of aryl methyl sites for hydroxylation is 1. The van der Waals surface area contributed by atoms with Gasteiger partial charge < -0.3 is 19.7 Å². The van der Waals surface area contributed by atoms with Crippen LogP contribution in [0.1, 0.15) is 41.3 Å². The first-order chi connectivity index (χ1) is 16.1. The van der Waals surface area contributed by atoms with Crippen molar-refractivity contribution in [2.24, 2.45) is 0 Å². The number of anilines is 1. The summed E-state index contributed by atoms with van der Waals surface area (Å²) < 4.78 is 11.9. The Balaban J connectivity index is 1.35. The number of amides is 1. The standard InChI is InChI=1S/C26H30N4O3/c1-3-32-23-12-6-7-13-24(23)33-22-11-8-14-30(18-22)26-28-16-21(17-29-26)25(31)27-15-20-10-5-4-9-19(20)2/h4-7,9-10,12-13,16-17,22H,3,8,11,14-15,18H2,1-2H3,(H,27,31)/t22-/m1/s1. The summed E-state index contributed by atoms with van der Waals surface area (Å²) in [4.78, 5) is 23.5. The second kappa shape index (κ2) is 10.8. The number of piperidine rings is 1. The molecule has 7 heteroatoms.